The van der Waals surface area contributed by atoms with E-state index in [0.717, 1.165) is 25.3 Å². The van der Waals surface area contributed by atoms with Gasteiger partial charge in [-0.2, -0.15) is 0 Å². The molecule has 0 aliphatic heterocycles. The molecule has 0 heterocycles. The van der Waals surface area contributed by atoms with E-state index in [2.05, 4.69) is 13.0 Å². The highest BCUT2D eigenvalue weighted by Gasteiger charge is 2.27. The van der Waals surface area contributed by atoms with Crippen LogP contribution in [0.2, 0.25) is 0 Å². The molecule has 1 rings (SSSR count). The zero-order chi connectivity index (χ0) is 15.1. The summed E-state index contributed by atoms with van der Waals surface area (Å²) in [6.07, 6.45) is 0.946. The second kappa shape index (κ2) is 7.93. The number of methoxy groups -OCH3 is 1. The van der Waals surface area contributed by atoms with E-state index in [1.54, 1.807) is 7.11 Å². The number of carbonyl (C=O) groups excluding carboxylic acids is 1. The van der Waals surface area contributed by atoms with E-state index in [0.29, 0.717) is 0 Å². The zero-order valence-corrected chi connectivity index (χ0v) is 13.3. The molecule has 1 amide bonds. The maximum atomic E-state index is 12.5. The van der Waals surface area contributed by atoms with Gasteiger partial charge in [0.1, 0.15) is 5.75 Å². The lowest BCUT2D eigenvalue weighted by Crippen LogP contribution is -2.37. The average molecular weight is 277 g/mol. The summed E-state index contributed by atoms with van der Waals surface area (Å²) in [6.45, 7) is 9.77. The molecule has 0 spiro atoms. The molecule has 0 fully saturated rings. The van der Waals surface area contributed by atoms with E-state index in [9.17, 15) is 4.79 Å². The van der Waals surface area contributed by atoms with Crippen molar-refractivity contribution < 1.29 is 9.53 Å². The summed E-state index contributed by atoms with van der Waals surface area (Å²) in [6, 6.07) is 8.06. The SMILES string of the molecule is CCC(c1cccc(OC)c1)C(C)C(=O)N(CC)CC. The van der Waals surface area contributed by atoms with Crippen LogP contribution >= 0.6 is 0 Å². The van der Waals surface area contributed by atoms with Gasteiger partial charge in [-0.15, -0.1) is 0 Å². The number of hydrogen-bond acceptors (Lipinski definition) is 2. The van der Waals surface area contributed by atoms with Crippen LogP contribution < -0.4 is 4.74 Å². The van der Waals surface area contributed by atoms with Gasteiger partial charge in [-0.25, -0.2) is 0 Å². The first-order valence-corrected chi connectivity index (χ1v) is 7.51. The fourth-order valence-electron chi connectivity index (χ4n) is 2.75. The minimum atomic E-state index is -0.00740. The Morgan fingerprint density at radius 2 is 1.90 bits per heavy atom. The lowest BCUT2D eigenvalue weighted by Gasteiger charge is -2.28. The van der Waals surface area contributed by atoms with E-state index in [-0.39, 0.29) is 17.7 Å². The lowest BCUT2D eigenvalue weighted by molar-refractivity contribution is -0.135. The molecule has 0 radical (unpaired) electrons. The molecule has 0 saturated carbocycles. The van der Waals surface area contributed by atoms with Gasteiger partial charge in [0.25, 0.3) is 0 Å². The smallest absolute Gasteiger partial charge is 0.225 e. The standard InChI is InChI=1S/C17H27NO2/c1-6-16(13(4)17(19)18(7-2)8-3)14-10-9-11-15(12-14)20-5/h9-13,16H,6-8H2,1-5H3. The first-order chi connectivity index (χ1) is 9.58. The zero-order valence-electron chi connectivity index (χ0n) is 13.3. The number of ether oxygens (including phenoxy) is 1. The van der Waals surface area contributed by atoms with Crippen molar-refractivity contribution in [3.63, 3.8) is 0 Å². The summed E-state index contributed by atoms with van der Waals surface area (Å²) in [7, 11) is 1.67. The van der Waals surface area contributed by atoms with Gasteiger partial charge in [0.05, 0.1) is 7.11 Å². The van der Waals surface area contributed by atoms with Crippen LogP contribution in [0.3, 0.4) is 0 Å². The Morgan fingerprint density at radius 1 is 1.25 bits per heavy atom. The van der Waals surface area contributed by atoms with Gasteiger partial charge >= 0.3 is 0 Å². The Labute approximate surface area is 122 Å². The molecule has 20 heavy (non-hydrogen) atoms. The summed E-state index contributed by atoms with van der Waals surface area (Å²) >= 11 is 0. The molecule has 0 saturated heterocycles. The van der Waals surface area contributed by atoms with E-state index < -0.39 is 0 Å². The summed E-state index contributed by atoms with van der Waals surface area (Å²) in [5.41, 5.74) is 1.18. The Bertz CT molecular complexity index is 427. The predicted molar refractivity (Wildman–Crippen MR) is 83.1 cm³/mol. The normalized spacial score (nSPS) is 13.7. The third-order valence-electron chi connectivity index (χ3n) is 4.03. The van der Waals surface area contributed by atoms with Crippen LogP contribution in [0.1, 0.15) is 45.6 Å². The van der Waals surface area contributed by atoms with E-state index in [4.69, 9.17) is 4.74 Å². The third kappa shape index (κ3) is 3.75. The molecule has 3 heteroatoms. The van der Waals surface area contributed by atoms with Gasteiger partial charge in [0.2, 0.25) is 5.91 Å². The van der Waals surface area contributed by atoms with Gasteiger partial charge in [-0.1, -0.05) is 26.0 Å². The van der Waals surface area contributed by atoms with Gasteiger partial charge in [-0.05, 0) is 43.9 Å². The van der Waals surface area contributed by atoms with Crippen molar-refractivity contribution in [2.75, 3.05) is 20.2 Å². The fourth-order valence-corrected chi connectivity index (χ4v) is 2.75. The molecule has 2 unspecified atom stereocenters. The average Bonchev–Trinajstić information content (AvgIpc) is 2.49. The highest BCUT2D eigenvalue weighted by Crippen LogP contribution is 2.31. The van der Waals surface area contributed by atoms with Crippen LogP contribution in [-0.2, 0) is 4.79 Å². The molecule has 1 aromatic carbocycles. The predicted octanol–water partition coefficient (Wildman–Crippen LogP) is 3.69. The summed E-state index contributed by atoms with van der Waals surface area (Å²) < 4.78 is 5.28. The van der Waals surface area contributed by atoms with Crippen LogP contribution in [0.4, 0.5) is 0 Å². The van der Waals surface area contributed by atoms with Crippen molar-refractivity contribution in [2.45, 2.75) is 40.0 Å². The van der Waals surface area contributed by atoms with E-state index in [1.807, 2.05) is 43.9 Å². The van der Waals surface area contributed by atoms with E-state index >= 15 is 0 Å². The van der Waals surface area contributed by atoms with Crippen molar-refractivity contribution in [3.8, 4) is 5.75 Å². The molecule has 1 aromatic rings. The van der Waals surface area contributed by atoms with Crippen LogP contribution in [0.5, 0.6) is 5.75 Å². The molecule has 2 atom stereocenters. The third-order valence-corrected chi connectivity index (χ3v) is 4.03. The lowest BCUT2D eigenvalue weighted by atomic mass is 9.84. The first kappa shape index (κ1) is 16.5. The van der Waals surface area contributed by atoms with E-state index in [1.165, 1.54) is 5.56 Å². The number of rotatable bonds is 7. The van der Waals surface area contributed by atoms with Crippen molar-refractivity contribution in [3.05, 3.63) is 29.8 Å². The van der Waals surface area contributed by atoms with Gasteiger partial charge in [0.15, 0.2) is 0 Å². The Balaban J connectivity index is 2.96. The Kier molecular flexibility index (Phi) is 6.56. The molecular weight excluding hydrogens is 250 g/mol. The summed E-state index contributed by atoms with van der Waals surface area (Å²) in [5, 5.41) is 0. The van der Waals surface area contributed by atoms with Crippen LogP contribution in [0.15, 0.2) is 24.3 Å². The Hall–Kier alpha value is -1.51. The molecular formula is C17H27NO2. The fraction of sp³-hybridized carbons (Fsp3) is 0.588. The molecule has 0 N–H and O–H groups in total. The minimum Gasteiger partial charge on any atom is -0.497 e. The number of nitrogens with zero attached hydrogens (tertiary/aromatic N) is 1. The second-order valence-electron chi connectivity index (χ2n) is 5.09. The molecule has 112 valence electrons. The minimum absolute atomic E-state index is 0.00740. The second-order valence-corrected chi connectivity index (χ2v) is 5.09. The number of amides is 1. The van der Waals surface area contributed by atoms with Gasteiger partial charge in [-0.3, -0.25) is 4.79 Å². The summed E-state index contributed by atoms with van der Waals surface area (Å²) in [4.78, 5) is 14.4. The van der Waals surface area contributed by atoms with Crippen molar-refractivity contribution in [2.24, 2.45) is 5.92 Å². The van der Waals surface area contributed by atoms with Crippen molar-refractivity contribution in [1.29, 1.82) is 0 Å². The van der Waals surface area contributed by atoms with Gasteiger partial charge in [0, 0.05) is 19.0 Å². The monoisotopic (exact) mass is 277 g/mol. The maximum Gasteiger partial charge on any atom is 0.225 e. The van der Waals surface area contributed by atoms with Crippen molar-refractivity contribution in [1.82, 2.24) is 4.90 Å². The maximum absolute atomic E-state index is 12.5. The van der Waals surface area contributed by atoms with Crippen LogP contribution in [0.25, 0.3) is 0 Å². The molecule has 0 aliphatic rings. The Morgan fingerprint density at radius 3 is 2.40 bits per heavy atom. The molecule has 0 aromatic heterocycles. The number of hydrogen-bond donors (Lipinski definition) is 0. The van der Waals surface area contributed by atoms with Crippen molar-refractivity contribution >= 4 is 5.91 Å². The topological polar surface area (TPSA) is 29.5 Å². The summed E-state index contributed by atoms with van der Waals surface area (Å²) in [5.74, 6) is 1.32. The quantitative estimate of drug-likeness (QED) is 0.760. The highest BCUT2D eigenvalue weighted by atomic mass is 16.5. The molecule has 0 bridgehead atoms. The highest BCUT2D eigenvalue weighted by molar-refractivity contribution is 5.79. The first-order valence-electron chi connectivity index (χ1n) is 7.51. The largest absolute Gasteiger partial charge is 0.497 e. The van der Waals surface area contributed by atoms with Crippen LogP contribution in [0, 0.1) is 5.92 Å². The van der Waals surface area contributed by atoms with Crippen LogP contribution in [-0.4, -0.2) is 31.0 Å². The molecule has 3 nitrogen and oxygen atoms in total. The molecule has 0 aliphatic carbocycles. The van der Waals surface area contributed by atoms with Gasteiger partial charge < -0.3 is 9.64 Å². The number of benzene rings is 1. The number of carbonyl (C=O) groups is 1.